The van der Waals surface area contributed by atoms with Crippen molar-refractivity contribution in [2.24, 2.45) is 5.92 Å². The van der Waals surface area contributed by atoms with Crippen molar-refractivity contribution in [1.82, 2.24) is 4.90 Å². The van der Waals surface area contributed by atoms with E-state index in [1.165, 1.54) is 19.6 Å². The Kier molecular flexibility index (Phi) is 1.90. The molecule has 0 aromatic carbocycles. The van der Waals surface area contributed by atoms with Gasteiger partial charge in [-0.25, -0.2) is 0 Å². The predicted octanol–water partition coefficient (Wildman–Crippen LogP) is 1.16. The SMILES string of the molecule is CC(C)CN1C[CH]C1. The van der Waals surface area contributed by atoms with Gasteiger partial charge in [-0.05, 0) is 12.3 Å². The Hall–Kier alpha value is -0.0400. The standard InChI is InChI=1S/C7H14N/c1-7(2)6-8-4-3-5-8/h3,7H,4-6H2,1-2H3. The zero-order chi connectivity index (χ0) is 5.98. The molecule has 0 N–H and O–H groups in total. The number of nitrogens with zero attached hydrogens (tertiary/aromatic N) is 1. The molecule has 1 aliphatic heterocycles. The minimum absolute atomic E-state index is 0.837. The zero-order valence-corrected chi connectivity index (χ0v) is 5.72. The van der Waals surface area contributed by atoms with Gasteiger partial charge in [0.1, 0.15) is 0 Å². The Morgan fingerprint density at radius 3 is 2.25 bits per heavy atom. The van der Waals surface area contributed by atoms with E-state index in [4.69, 9.17) is 0 Å². The first-order chi connectivity index (χ1) is 3.79. The third-order valence-electron chi connectivity index (χ3n) is 1.40. The van der Waals surface area contributed by atoms with E-state index in [0.29, 0.717) is 0 Å². The first-order valence-electron chi connectivity index (χ1n) is 3.33. The normalized spacial score (nSPS) is 21.4. The number of likely N-dealkylation sites (tertiary alicyclic amines) is 1. The number of rotatable bonds is 2. The maximum Gasteiger partial charge on any atom is 0.00257 e. The lowest BCUT2D eigenvalue weighted by Gasteiger charge is -2.31. The summed E-state index contributed by atoms with van der Waals surface area (Å²) in [6, 6.07) is 0. The molecule has 0 aliphatic carbocycles. The van der Waals surface area contributed by atoms with Crippen LogP contribution in [-0.2, 0) is 0 Å². The molecule has 1 aliphatic rings. The molecule has 0 unspecified atom stereocenters. The molecule has 1 rings (SSSR count). The highest BCUT2D eigenvalue weighted by Gasteiger charge is 2.13. The Morgan fingerprint density at radius 2 is 2.12 bits per heavy atom. The van der Waals surface area contributed by atoms with E-state index < -0.39 is 0 Å². The molecule has 0 bridgehead atoms. The van der Waals surface area contributed by atoms with E-state index in [1.807, 2.05) is 0 Å². The molecule has 0 aromatic heterocycles. The van der Waals surface area contributed by atoms with Crippen LogP contribution in [0.5, 0.6) is 0 Å². The van der Waals surface area contributed by atoms with E-state index in [9.17, 15) is 0 Å². The van der Waals surface area contributed by atoms with Gasteiger partial charge in [0, 0.05) is 19.6 Å². The molecule has 47 valence electrons. The molecule has 1 heteroatoms. The van der Waals surface area contributed by atoms with Crippen LogP contribution < -0.4 is 0 Å². The topological polar surface area (TPSA) is 3.24 Å². The van der Waals surface area contributed by atoms with Gasteiger partial charge in [0.15, 0.2) is 0 Å². The van der Waals surface area contributed by atoms with Crippen LogP contribution in [-0.4, -0.2) is 24.5 Å². The van der Waals surface area contributed by atoms with Crippen LogP contribution in [0, 0.1) is 12.3 Å². The van der Waals surface area contributed by atoms with Crippen molar-refractivity contribution in [3.8, 4) is 0 Å². The lowest BCUT2D eigenvalue weighted by atomic mass is 10.1. The summed E-state index contributed by atoms with van der Waals surface area (Å²) in [6.07, 6.45) is 2.31. The van der Waals surface area contributed by atoms with Gasteiger partial charge in [-0.2, -0.15) is 0 Å². The number of hydrogen-bond acceptors (Lipinski definition) is 1. The molecule has 0 saturated carbocycles. The summed E-state index contributed by atoms with van der Waals surface area (Å²) in [5.74, 6) is 0.837. The maximum atomic E-state index is 2.45. The summed E-state index contributed by atoms with van der Waals surface area (Å²) in [5, 5.41) is 0. The fourth-order valence-electron chi connectivity index (χ4n) is 0.977. The fraction of sp³-hybridized carbons (Fsp3) is 0.857. The van der Waals surface area contributed by atoms with Crippen LogP contribution in [0.1, 0.15) is 13.8 Å². The second-order valence-electron chi connectivity index (χ2n) is 2.90. The quantitative estimate of drug-likeness (QED) is 0.518. The molecule has 8 heavy (non-hydrogen) atoms. The van der Waals surface area contributed by atoms with Crippen LogP contribution in [0.25, 0.3) is 0 Å². The first-order valence-corrected chi connectivity index (χ1v) is 3.33. The average molecular weight is 112 g/mol. The highest BCUT2D eigenvalue weighted by atomic mass is 15.2. The van der Waals surface area contributed by atoms with Gasteiger partial charge in [-0.3, -0.25) is 0 Å². The lowest BCUT2D eigenvalue weighted by molar-refractivity contribution is 0.217. The summed E-state index contributed by atoms with van der Waals surface area (Å²) >= 11 is 0. The summed E-state index contributed by atoms with van der Waals surface area (Å²) in [4.78, 5) is 2.45. The van der Waals surface area contributed by atoms with Crippen molar-refractivity contribution in [2.75, 3.05) is 19.6 Å². The first kappa shape index (κ1) is 6.09. The molecular weight excluding hydrogens is 98.1 g/mol. The van der Waals surface area contributed by atoms with Crippen molar-refractivity contribution in [3.05, 3.63) is 6.42 Å². The third-order valence-corrected chi connectivity index (χ3v) is 1.40. The summed E-state index contributed by atoms with van der Waals surface area (Å²) < 4.78 is 0. The molecule has 1 fully saturated rings. The van der Waals surface area contributed by atoms with Crippen molar-refractivity contribution in [3.63, 3.8) is 0 Å². The number of hydrogen-bond donors (Lipinski definition) is 0. The minimum atomic E-state index is 0.837. The Balaban J connectivity index is 2.01. The molecular formula is C7H14N. The molecule has 1 nitrogen and oxygen atoms in total. The second-order valence-corrected chi connectivity index (χ2v) is 2.90. The highest BCUT2D eigenvalue weighted by molar-refractivity contribution is 4.86. The van der Waals surface area contributed by atoms with Crippen molar-refractivity contribution < 1.29 is 0 Å². The summed E-state index contributed by atoms with van der Waals surface area (Å²) in [6.45, 7) is 8.24. The average Bonchev–Trinajstić information content (AvgIpc) is 1.55. The van der Waals surface area contributed by atoms with Crippen LogP contribution >= 0.6 is 0 Å². The molecule has 0 spiro atoms. The van der Waals surface area contributed by atoms with Gasteiger partial charge in [0.2, 0.25) is 0 Å². The molecule has 0 aromatic rings. The van der Waals surface area contributed by atoms with Gasteiger partial charge in [0.05, 0.1) is 0 Å². The van der Waals surface area contributed by atoms with Crippen LogP contribution in [0.15, 0.2) is 0 Å². The fourth-order valence-corrected chi connectivity index (χ4v) is 0.977. The van der Waals surface area contributed by atoms with Crippen LogP contribution in [0.3, 0.4) is 0 Å². The molecule has 1 saturated heterocycles. The molecule has 1 heterocycles. The summed E-state index contributed by atoms with van der Waals surface area (Å²) in [7, 11) is 0. The Bertz CT molecular complexity index is 64.8. The Labute approximate surface area is 51.7 Å². The van der Waals surface area contributed by atoms with E-state index >= 15 is 0 Å². The molecule has 0 atom stereocenters. The third kappa shape index (κ3) is 1.48. The van der Waals surface area contributed by atoms with Gasteiger partial charge in [-0.15, -0.1) is 0 Å². The van der Waals surface area contributed by atoms with E-state index in [-0.39, 0.29) is 0 Å². The van der Waals surface area contributed by atoms with E-state index in [2.05, 4.69) is 25.2 Å². The van der Waals surface area contributed by atoms with E-state index in [0.717, 1.165) is 5.92 Å². The van der Waals surface area contributed by atoms with Crippen LogP contribution in [0.4, 0.5) is 0 Å². The monoisotopic (exact) mass is 112 g/mol. The van der Waals surface area contributed by atoms with Crippen molar-refractivity contribution >= 4 is 0 Å². The van der Waals surface area contributed by atoms with E-state index in [1.54, 1.807) is 0 Å². The van der Waals surface area contributed by atoms with Gasteiger partial charge in [0.25, 0.3) is 0 Å². The summed E-state index contributed by atoms with van der Waals surface area (Å²) in [5.41, 5.74) is 0. The van der Waals surface area contributed by atoms with Crippen molar-refractivity contribution in [1.29, 1.82) is 0 Å². The van der Waals surface area contributed by atoms with Gasteiger partial charge >= 0.3 is 0 Å². The van der Waals surface area contributed by atoms with Gasteiger partial charge < -0.3 is 4.90 Å². The maximum absolute atomic E-state index is 2.45. The zero-order valence-electron chi connectivity index (χ0n) is 5.72. The van der Waals surface area contributed by atoms with Crippen molar-refractivity contribution in [2.45, 2.75) is 13.8 Å². The van der Waals surface area contributed by atoms with Gasteiger partial charge in [-0.1, -0.05) is 13.8 Å². The second kappa shape index (κ2) is 2.49. The van der Waals surface area contributed by atoms with Crippen LogP contribution in [0.2, 0.25) is 0 Å². The largest absolute Gasteiger partial charge is 0.302 e. The molecule has 1 radical (unpaired) electrons. The minimum Gasteiger partial charge on any atom is -0.302 e. The smallest absolute Gasteiger partial charge is 0.00257 e. The predicted molar refractivity (Wildman–Crippen MR) is 35.6 cm³/mol. The lowest BCUT2D eigenvalue weighted by Crippen LogP contribution is -2.40. The highest BCUT2D eigenvalue weighted by Crippen LogP contribution is 2.06. The Morgan fingerprint density at radius 1 is 1.50 bits per heavy atom. The molecule has 0 amide bonds.